The minimum atomic E-state index is 0.560. The summed E-state index contributed by atoms with van der Waals surface area (Å²) in [6.07, 6.45) is 0. The average molecular weight is 158 g/mol. The van der Waals surface area contributed by atoms with Crippen LogP contribution in [0.15, 0.2) is 0 Å². The normalized spacial score (nSPS) is 14.5. The van der Waals surface area contributed by atoms with E-state index in [1.807, 2.05) is 0 Å². The van der Waals surface area contributed by atoms with E-state index in [4.69, 9.17) is 5.73 Å². The number of nitrogens with two attached hydrogens (primary N) is 1. The quantitative estimate of drug-likeness (QED) is 0.653. The summed E-state index contributed by atoms with van der Waals surface area (Å²) in [7, 11) is 0. The maximum Gasteiger partial charge on any atom is 0.0241 e. The molecule has 0 bridgehead atoms. The largest absolute Gasteiger partial charge is 0.329 e. The van der Waals surface area contributed by atoms with Gasteiger partial charge in [0.05, 0.1) is 0 Å². The van der Waals surface area contributed by atoms with Gasteiger partial charge in [-0.2, -0.15) is 0 Å². The highest BCUT2D eigenvalue weighted by molar-refractivity contribution is 4.73. The first-order valence-electron chi connectivity index (χ1n) is 4.61. The van der Waals surface area contributed by atoms with Gasteiger partial charge < -0.3 is 5.73 Å². The van der Waals surface area contributed by atoms with E-state index in [0.717, 1.165) is 19.6 Å². The molecular formula is C9H22N2. The van der Waals surface area contributed by atoms with Crippen LogP contribution in [0, 0.1) is 5.92 Å². The minimum Gasteiger partial charge on any atom is -0.329 e. The third-order valence-corrected chi connectivity index (χ3v) is 2.29. The molecule has 0 rings (SSSR count). The second kappa shape index (κ2) is 5.56. The van der Waals surface area contributed by atoms with Crippen molar-refractivity contribution in [1.82, 2.24) is 4.90 Å². The molecule has 0 saturated carbocycles. The van der Waals surface area contributed by atoms with Gasteiger partial charge >= 0.3 is 0 Å². The number of nitrogens with zero attached hydrogens (tertiary/aromatic N) is 1. The van der Waals surface area contributed by atoms with Crippen molar-refractivity contribution in [1.29, 1.82) is 0 Å². The Labute approximate surface area is 70.8 Å². The Morgan fingerprint density at radius 3 is 1.73 bits per heavy atom. The molecule has 0 spiro atoms. The fourth-order valence-electron chi connectivity index (χ4n) is 1.54. The highest BCUT2D eigenvalue weighted by atomic mass is 15.2. The summed E-state index contributed by atoms with van der Waals surface area (Å²) in [6, 6.07) is 0.560. The molecule has 0 aliphatic rings. The Morgan fingerprint density at radius 2 is 1.64 bits per heavy atom. The standard InChI is InChI=1S/C9H22N2/c1-5-11(6-2)9(7-10)8(3)4/h8-9H,5-7,10H2,1-4H3. The average Bonchev–Trinajstić information content (AvgIpc) is 1.99. The van der Waals surface area contributed by atoms with E-state index in [1.54, 1.807) is 0 Å². The molecule has 0 aromatic carbocycles. The highest BCUT2D eigenvalue weighted by Crippen LogP contribution is 2.08. The lowest BCUT2D eigenvalue weighted by molar-refractivity contribution is 0.176. The van der Waals surface area contributed by atoms with Crippen molar-refractivity contribution in [2.45, 2.75) is 33.7 Å². The third-order valence-electron chi connectivity index (χ3n) is 2.29. The lowest BCUT2D eigenvalue weighted by Gasteiger charge is -2.31. The monoisotopic (exact) mass is 158 g/mol. The number of hydrogen-bond donors (Lipinski definition) is 1. The van der Waals surface area contributed by atoms with Crippen LogP contribution in [0.5, 0.6) is 0 Å². The summed E-state index contributed by atoms with van der Waals surface area (Å²) >= 11 is 0. The smallest absolute Gasteiger partial charge is 0.0241 e. The summed E-state index contributed by atoms with van der Waals surface area (Å²) < 4.78 is 0. The van der Waals surface area contributed by atoms with E-state index in [-0.39, 0.29) is 0 Å². The number of hydrogen-bond acceptors (Lipinski definition) is 2. The van der Waals surface area contributed by atoms with Gasteiger partial charge in [0, 0.05) is 12.6 Å². The third kappa shape index (κ3) is 3.21. The number of likely N-dealkylation sites (N-methyl/N-ethyl adjacent to an activating group) is 1. The van der Waals surface area contributed by atoms with Crippen molar-refractivity contribution in [3.63, 3.8) is 0 Å². The molecule has 0 fully saturated rings. The van der Waals surface area contributed by atoms with E-state index in [2.05, 4.69) is 32.6 Å². The van der Waals surface area contributed by atoms with Gasteiger partial charge in [-0.05, 0) is 19.0 Å². The lowest BCUT2D eigenvalue weighted by Crippen LogP contribution is -2.43. The second-order valence-corrected chi connectivity index (χ2v) is 3.27. The second-order valence-electron chi connectivity index (χ2n) is 3.27. The molecule has 0 aromatic heterocycles. The van der Waals surface area contributed by atoms with Crippen LogP contribution < -0.4 is 5.73 Å². The molecule has 1 atom stereocenters. The zero-order valence-corrected chi connectivity index (χ0v) is 8.30. The highest BCUT2D eigenvalue weighted by Gasteiger charge is 2.16. The molecule has 0 saturated heterocycles. The molecule has 0 aromatic rings. The van der Waals surface area contributed by atoms with E-state index < -0.39 is 0 Å². The Kier molecular flexibility index (Phi) is 5.51. The molecule has 2 nitrogen and oxygen atoms in total. The summed E-state index contributed by atoms with van der Waals surface area (Å²) in [4.78, 5) is 2.42. The van der Waals surface area contributed by atoms with Crippen molar-refractivity contribution < 1.29 is 0 Å². The Hall–Kier alpha value is -0.0800. The van der Waals surface area contributed by atoms with Gasteiger partial charge in [0.1, 0.15) is 0 Å². The van der Waals surface area contributed by atoms with Crippen LogP contribution >= 0.6 is 0 Å². The molecule has 2 N–H and O–H groups in total. The van der Waals surface area contributed by atoms with Gasteiger partial charge in [-0.1, -0.05) is 27.7 Å². The van der Waals surface area contributed by atoms with Crippen LogP contribution in [0.2, 0.25) is 0 Å². The Balaban J connectivity index is 3.98. The molecular weight excluding hydrogens is 136 g/mol. The van der Waals surface area contributed by atoms with Crippen LogP contribution in [-0.4, -0.2) is 30.6 Å². The first kappa shape index (κ1) is 10.9. The van der Waals surface area contributed by atoms with Gasteiger partial charge in [0.25, 0.3) is 0 Å². The van der Waals surface area contributed by atoms with Gasteiger partial charge in [0.15, 0.2) is 0 Å². The van der Waals surface area contributed by atoms with Crippen LogP contribution in [0.3, 0.4) is 0 Å². The molecule has 1 unspecified atom stereocenters. The zero-order valence-electron chi connectivity index (χ0n) is 8.30. The lowest BCUT2D eigenvalue weighted by atomic mass is 10.0. The molecule has 2 heteroatoms. The van der Waals surface area contributed by atoms with E-state index >= 15 is 0 Å². The van der Waals surface area contributed by atoms with Crippen molar-refractivity contribution in [2.24, 2.45) is 11.7 Å². The first-order valence-corrected chi connectivity index (χ1v) is 4.61. The van der Waals surface area contributed by atoms with E-state index in [0.29, 0.717) is 12.0 Å². The van der Waals surface area contributed by atoms with Crippen molar-refractivity contribution >= 4 is 0 Å². The van der Waals surface area contributed by atoms with Crippen LogP contribution in [-0.2, 0) is 0 Å². The summed E-state index contributed by atoms with van der Waals surface area (Å²) in [5, 5.41) is 0. The molecule has 11 heavy (non-hydrogen) atoms. The maximum absolute atomic E-state index is 5.68. The topological polar surface area (TPSA) is 29.3 Å². The van der Waals surface area contributed by atoms with E-state index in [1.165, 1.54) is 0 Å². The predicted molar refractivity (Wildman–Crippen MR) is 50.6 cm³/mol. The first-order chi connectivity index (χ1) is 5.17. The minimum absolute atomic E-state index is 0.560. The summed E-state index contributed by atoms with van der Waals surface area (Å²) in [5.41, 5.74) is 5.68. The molecule has 0 aliphatic carbocycles. The van der Waals surface area contributed by atoms with E-state index in [9.17, 15) is 0 Å². The molecule has 0 radical (unpaired) electrons. The Morgan fingerprint density at radius 1 is 1.18 bits per heavy atom. The van der Waals surface area contributed by atoms with Crippen LogP contribution in [0.1, 0.15) is 27.7 Å². The molecule has 0 heterocycles. The van der Waals surface area contributed by atoms with Crippen LogP contribution in [0.4, 0.5) is 0 Å². The summed E-state index contributed by atoms with van der Waals surface area (Å²) in [6.45, 7) is 11.8. The van der Waals surface area contributed by atoms with Crippen molar-refractivity contribution in [3.8, 4) is 0 Å². The van der Waals surface area contributed by atoms with Crippen molar-refractivity contribution in [2.75, 3.05) is 19.6 Å². The van der Waals surface area contributed by atoms with Crippen molar-refractivity contribution in [3.05, 3.63) is 0 Å². The Bertz CT molecular complexity index is 87.6. The fourth-order valence-corrected chi connectivity index (χ4v) is 1.54. The SMILES string of the molecule is CCN(CC)C(CN)C(C)C. The van der Waals surface area contributed by atoms with Gasteiger partial charge in [-0.25, -0.2) is 0 Å². The molecule has 0 amide bonds. The van der Waals surface area contributed by atoms with Gasteiger partial charge in [-0.15, -0.1) is 0 Å². The molecule has 0 aliphatic heterocycles. The van der Waals surface area contributed by atoms with Crippen LogP contribution in [0.25, 0.3) is 0 Å². The predicted octanol–water partition coefficient (Wildman–Crippen LogP) is 1.31. The zero-order chi connectivity index (χ0) is 8.85. The molecule has 68 valence electrons. The fraction of sp³-hybridized carbons (Fsp3) is 1.00. The maximum atomic E-state index is 5.68. The number of rotatable bonds is 5. The summed E-state index contributed by atoms with van der Waals surface area (Å²) in [5.74, 6) is 0.667. The van der Waals surface area contributed by atoms with Gasteiger partial charge in [0.2, 0.25) is 0 Å². The van der Waals surface area contributed by atoms with Gasteiger partial charge in [-0.3, -0.25) is 4.90 Å².